The van der Waals surface area contributed by atoms with Crippen LogP contribution < -0.4 is 4.90 Å². The molecule has 4 rings (SSSR count). The van der Waals surface area contributed by atoms with Gasteiger partial charge in [0.2, 0.25) is 5.91 Å². The molecule has 0 radical (unpaired) electrons. The molecule has 0 aromatic heterocycles. The highest BCUT2D eigenvalue weighted by atomic mass is 79.9. The van der Waals surface area contributed by atoms with E-state index in [1.165, 1.54) is 16.7 Å². The maximum Gasteiger partial charge on any atom is 0.308 e. The molecule has 3 fully saturated rings. The first-order chi connectivity index (χ1) is 16.5. The number of thioether (sulfide) groups is 1. The molecule has 1 aromatic carbocycles. The Morgan fingerprint density at radius 2 is 2.06 bits per heavy atom. The van der Waals surface area contributed by atoms with Gasteiger partial charge in [0.1, 0.15) is 6.04 Å². The number of amides is 2. The monoisotopic (exact) mass is 564 g/mol. The number of alkyl halides is 1. The molecule has 3 heterocycles. The molecule has 35 heavy (non-hydrogen) atoms. The van der Waals surface area contributed by atoms with Crippen molar-refractivity contribution in [3.63, 3.8) is 0 Å². The van der Waals surface area contributed by atoms with Gasteiger partial charge in [-0.1, -0.05) is 48.0 Å². The lowest BCUT2D eigenvalue weighted by molar-refractivity contribution is -0.149. The molecule has 9 heteroatoms. The molecule has 1 spiro atoms. The molecule has 3 aliphatic heterocycles. The van der Waals surface area contributed by atoms with E-state index in [1.807, 2.05) is 45.9 Å². The Balaban J connectivity index is 1.89. The van der Waals surface area contributed by atoms with Gasteiger partial charge in [0.25, 0.3) is 5.91 Å². The number of carboxylic acid groups (broad SMARTS) is 1. The first kappa shape index (κ1) is 26.2. The molecule has 2 N–H and O–H groups in total. The highest BCUT2D eigenvalue weighted by molar-refractivity contribution is 9.09. The van der Waals surface area contributed by atoms with Crippen LogP contribution in [0.2, 0.25) is 0 Å². The minimum atomic E-state index is -1.01. The highest BCUT2D eigenvalue weighted by Gasteiger charge is 2.76. The summed E-state index contributed by atoms with van der Waals surface area (Å²) >= 11 is 5.13. The lowest BCUT2D eigenvalue weighted by Gasteiger charge is -2.41. The molecule has 0 saturated carbocycles. The van der Waals surface area contributed by atoms with Gasteiger partial charge in [0, 0.05) is 22.3 Å². The van der Waals surface area contributed by atoms with Crippen LogP contribution in [0.15, 0.2) is 30.9 Å². The zero-order valence-corrected chi connectivity index (χ0v) is 22.9. The number of rotatable bonds is 8. The summed E-state index contributed by atoms with van der Waals surface area (Å²) in [4.78, 5) is 43.9. The van der Waals surface area contributed by atoms with Crippen molar-refractivity contribution in [2.24, 2.45) is 17.8 Å². The number of fused-ring (bicyclic) bond motifs is 1. The normalized spacial score (nSPS) is 32.1. The van der Waals surface area contributed by atoms with Crippen LogP contribution in [-0.4, -0.2) is 73.0 Å². The number of carboxylic acids is 1. The number of carbonyl (C=O) groups excluding carboxylic acids is 2. The van der Waals surface area contributed by atoms with Crippen LogP contribution in [0, 0.1) is 31.6 Å². The Morgan fingerprint density at radius 3 is 2.63 bits per heavy atom. The van der Waals surface area contributed by atoms with Gasteiger partial charge in [0.05, 0.1) is 29.2 Å². The van der Waals surface area contributed by atoms with Crippen molar-refractivity contribution in [2.75, 3.05) is 18.1 Å². The Labute approximate surface area is 219 Å². The van der Waals surface area contributed by atoms with Gasteiger partial charge in [-0.15, -0.1) is 18.3 Å². The predicted molar refractivity (Wildman–Crippen MR) is 141 cm³/mol. The number of aryl methyl sites for hydroxylation is 2. The summed E-state index contributed by atoms with van der Waals surface area (Å²) < 4.78 is -0.879. The molecule has 7 nitrogen and oxygen atoms in total. The molecule has 3 aliphatic rings. The van der Waals surface area contributed by atoms with Crippen LogP contribution >= 0.6 is 27.7 Å². The zero-order valence-electron chi connectivity index (χ0n) is 20.5. The molecule has 190 valence electrons. The lowest BCUT2D eigenvalue weighted by atomic mass is 9.71. The van der Waals surface area contributed by atoms with Gasteiger partial charge in [-0.2, -0.15) is 0 Å². The van der Waals surface area contributed by atoms with E-state index in [4.69, 9.17) is 0 Å². The molecule has 7 atom stereocenters. The van der Waals surface area contributed by atoms with Crippen molar-refractivity contribution in [3.8, 4) is 0 Å². The summed E-state index contributed by atoms with van der Waals surface area (Å²) in [6, 6.07) is 4.41. The van der Waals surface area contributed by atoms with E-state index in [1.54, 1.807) is 11.0 Å². The molecule has 0 aliphatic carbocycles. The van der Waals surface area contributed by atoms with Gasteiger partial charge < -0.3 is 20.0 Å². The minimum Gasteiger partial charge on any atom is -0.481 e. The quantitative estimate of drug-likeness (QED) is 0.371. The number of halogens is 1. The molecular formula is C26H33BrN2O5S. The third-order valence-corrected chi connectivity index (χ3v) is 11.0. The molecule has 2 bridgehead atoms. The molecular weight excluding hydrogens is 532 g/mol. The van der Waals surface area contributed by atoms with E-state index < -0.39 is 34.6 Å². The average Bonchev–Trinajstić information content (AvgIpc) is 3.38. The van der Waals surface area contributed by atoms with Crippen molar-refractivity contribution < 1.29 is 24.6 Å². The van der Waals surface area contributed by atoms with E-state index in [2.05, 4.69) is 22.5 Å². The van der Waals surface area contributed by atoms with E-state index in [-0.39, 0.29) is 41.0 Å². The maximum absolute atomic E-state index is 14.5. The van der Waals surface area contributed by atoms with Gasteiger partial charge >= 0.3 is 5.97 Å². The molecule has 2 amide bonds. The Morgan fingerprint density at radius 1 is 1.37 bits per heavy atom. The SMILES string of the molecule is C=CCN(C(=O)C1N([C@@H](CO)C(C)C)C(=O)[C@@H]2[C@@H](C(=O)O)[C@@H]3SC12CC3Br)c1cc(C)ccc1C. The molecule has 3 unspecified atom stereocenters. The third-order valence-electron chi connectivity index (χ3n) is 7.79. The van der Waals surface area contributed by atoms with Crippen molar-refractivity contribution in [3.05, 3.63) is 42.0 Å². The summed E-state index contributed by atoms with van der Waals surface area (Å²) in [6.45, 7) is 11.5. The Bertz CT molecular complexity index is 1060. The van der Waals surface area contributed by atoms with Gasteiger partial charge in [0.15, 0.2) is 0 Å². The fourth-order valence-corrected chi connectivity index (χ4v) is 9.79. The molecule has 1 aromatic rings. The fraction of sp³-hybridized carbons (Fsp3) is 0.577. The highest BCUT2D eigenvalue weighted by Crippen LogP contribution is 2.68. The third kappa shape index (κ3) is 3.94. The van der Waals surface area contributed by atoms with Gasteiger partial charge in [-0.05, 0) is 43.4 Å². The lowest BCUT2D eigenvalue weighted by Crippen LogP contribution is -2.59. The van der Waals surface area contributed by atoms with Crippen LogP contribution in [0.3, 0.4) is 0 Å². The zero-order chi connectivity index (χ0) is 25.8. The standard InChI is InChI=1S/C26H33BrN2O5S/c1-6-9-28(17-10-14(4)7-8-15(17)5)24(32)22-26-11-16(27)21(35-26)19(25(33)34)20(26)23(31)29(22)18(12-30)13(2)3/h6-8,10,13,16,18-22,30H,1,9,11-12H2,2-5H3,(H,33,34)/t16?,18-,19+,20-,21+,22?,26?/m0/s1. The smallest absolute Gasteiger partial charge is 0.308 e. The van der Waals surface area contributed by atoms with E-state index >= 15 is 0 Å². The van der Waals surface area contributed by atoms with Gasteiger partial charge in [-0.25, -0.2) is 0 Å². The Hall–Kier alpha value is -1.84. The number of nitrogens with zero attached hydrogens (tertiary/aromatic N) is 2. The summed E-state index contributed by atoms with van der Waals surface area (Å²) in [5.41, 5.74) is 2.67. The summed E-state index contributed by atoms with van der Waals surface area (Å²) in [5, 5.41) is 20.1. The summed E-state index contributed by atoms with van der Waals surface area (Å²) in [6.07, 6.45) is 2.18. The Kier molecular flexibility index (Phi) is 7.16. The minimum absolute atomic E-state index is 0.117. The number of likely N-dealkylation sites (tertiary alicyclic amines) is 1. The van der Waals surface area contributed by atoms with Crippen LogP contribution in [-0.2, 0) is 14.4 Å². The topological polar surface area (TPSA) is 98.2 Å². The van der Waals surface area contributed by atoms with Crippen LogP contribution in [0.1, 0.15) is 31.4 Å². The first-order valence-corrected chi connectivity index (χ1v) is 13.8. The number of benzene rings is 1. The van der Waals surface area contributed by atoms with Gasteiger partial charge in [-0.3, -0.25) is 14.4 Å². The second kappa shape index (κ2) is 9.56. The fourth-order valence-electron chi connectivity index (χ4n) is 6.20. The number of aliphatic hydroxyl groups is 1. The van der Waals surface area contributed by atoms with Crippen LogP contribution in [0.4, 0.5) is 5.69 Å². The first-order valence-electron chi connectivity index (χ1n) is 12.0. The second-order valence-corrected chi connectivity index (χ2v) is 13.0. The van der Waals surface area contributed by atoms with Crippen LogP contribution in [0.5, 0.6) is 0 Å². The predicted octanol–water partition coefficient (Wildman–Crippen LogP) is 3.39. The van der Waals surface area contributed by atoms with Crippen LogP contribution in [0.25, 0.3) is 0 Å². The molecule has 3 saturated heterocycles. The number of aliphatic hydroxyl groups excluding tert-OH is 1. The number of carbonyl (C=O) groups is 3. The number of anilines is 1. The van der Waals surface area contributed by atoms with Crippen molar-refractivity contribution in [2.45, 2.75) is 61.0 Å². The largest absolute Gasteiger partial charge is 0.481 e. The van der Waals surface area contributed by atoms with E-state index in [9.17, 15) is 24.6 Å². The van der Waals surface area contributed by atoms with E-state index in [0.29, 0.717) is 6.42 Å². The van der Waals surface area contributed by atoms with Crippen molar-refractivity contribution in [1.29, 1.82) is 0 Å². The summed E-state index contributed by atoms with van der Waals surface area (Å²) in [5.74, 6) is -3.42. The summed E-state index contributed by atoms with van der Waals surface area (Å²) in [7, 11) is 0. The average molecular weight is 566 g/mol. The maximum atomic E-state index is 14.5. The van der Waals surface area contributed by atoms with E-state index in [0.717, 1.165) is 16.8 Å². The number of hydrogen-bond donors (Lipinski definition) is 2. The number of hydrogen-bond acceptors (Lipinski definition) is 5. The second-order valence-electron chi connectivity index (χ2n) is 10.3. The number of aliphatic carboxylic acids is 1. The van der Waals surface area contributed by atoms with Crippen molar-refractivity contribution in [1.82, 2.24) is 4.90 Å². The van der Waals surface area contributed by atoms with Crippen molar-refractivity contribution >= 4 is 51.2 Å².